The van der Waals surface area contributed by atoms with E-state index in [-0.39, 0.29) is 5.91 Å². The van der Waals surface area contributed by atoms with E-state index in [0.717, 1.165) is 51.6 Å². The van der Waals surface area contributed by atoms with Crippen molar-refractivity contribution in [1.29, 1.82) is 0 Å². The number of rotatable bonds is 3. The summed E-state index contributed by atoms with van der Waals surface area (Å²) in [5, 5.41) is 0. The van der Waals surface area contributed by atoms with Crippen LogP contribution in [0.25, 0.3) is 0 Å². The van der Waals surface area contributed by atoms with Crippen molar-refractivity contribution in [1.82, 2.24) is 24.7 Å². The summed E-state index contributed by atoms with van der Waals surface area (Å²) in [4.78, 5) is 31.1. The molecule has 4 heterocycles. The second kappa shape index (κ2) is 8.20. The van der Waals surface area contributed by atoms with E-state index in [0.29, 0.717) is 23.6 Å². The second-order valence-corrected chi connectivity index (χ2v) is 9.43. The molecular formula is C24H32N6O. The maximum atomic E-state index is 13.0. The molecular weight excluding hydrogens is 388 g/mol. The van der Waals surface area contributed by atoms with Crippen LogP contribution in [0.5, 0.6) is 0 Å². The minimum absolute atomic E-state index is 0.000591. The van der Waals surface area contributed by atoms with Crippen LogP contribution < -0.4 is 4.90 Å². The van der Waals surface area contributed by atoms with Crippen LogP contribution in [-0.2, 0) is 0 Å². The summed E-state index contributed by atoms with van der Waals surface area (Å²) >= 11 is 0. The summed E-state index contributed by atoms with van der Waals surface area (Å²) in [5.41, 5.74) is 3.26. The summed E-state index contributed by atoms with van der Waals surface area (Å²) in [6, 6.07) is 9.18. The van der Waals surface area contributed by atoms with Gasteiger partial charge in [0.1, 0.15) is 11.5 Å². The van der Waals surface area contributed by atoms with Gasteiger partial charge in [0.25, 0.3) is 5.91 Å². The maximum Gasteiger partial charge on any atom is 0.274 e. The first kappa shape index (κ1) is 20.4. The molecule has 7 nitrogen and oxygen atoms in total. The first-order chi connectivity index (χ1) is 15.0. The van der Waals surface area contributed by atoms with E-state index in [1.54, 1.807) is 6.20 Å². The quantitative estimate of drug-likeness (QED) is 0.756. The Morgan fingerprint density at radius 3 is 2.55 bits per heavy atom. The Hall–Kier alpha value is -2.51. The monoisotopic (exact) mass is 420 g/mol. The zero-order valence-corrected chi connectivity index (χ0v) is 18.7. The molecule has 3 saturated heterocycles. The van der Waals surface area contributed by atoms with E-state index in [1.165, 1.54) is 11.1 Å². The zero-order valence-electron chi connectivity index (χ0n) is 18.7. The lowest BCUT2D eigenvalue weighted by molar-refractivity contribution is 0.0658. The third-order valence-electron chi connectivity index (χ3n) is 7.36. The number of benzene rings is 1. The maximum absolute atomic E-state index is 13.0. The summed E-state index contributed by atoms with van der Waals surface area (Å²) < 4.78 is 0. The first-order valence-corrected chi connectivity index (χ1v) is 11.3. The molecule has 0 bridgehead atoms. The van der Waals surface area contributed by atoms with Gasteiger partial charge in [-0.2, -0.15) is 0 Å². The lowest BCUT2D eigenvalue weighted by atomic mass is 9.88. The summed E-state index contributed by atoms with van der Waals surface area (Å²) in [6.07, 6.45) is 3.43. The molecule has 5 rings (SSSR count). The van der Waals surface area contributed by atoms with Crippen LogP contribution in [0.3, 0.4) is 0 Å². The molecule has 0 spiro atoms. The van der Waals surface area contributed by atoms with Crippen molar-refractivity contribution < 1.29 is 4.79 Å². The van der Waals surface area contributed by atoms with Crippen molar-refractivity contribution in [2.24, 2.45) is 11.8 Å². The van der Waals surface area contributed by atoms with E-state index < -0.39 is 0 Å². The first-order valence-electron chi connectivity index (χ1n) is 11.3. The lowest BCUT2D eigenvalue weighted by Crippen LogP contribution is -2.47. The Bertz CT molecular complexity index is 957. The van der Waals surface area contributed by atoms with Crippen LogP contribution in [0.15, 0.2) is 36.7 Å². The number of likely N-dealkylation sites (tertiary alicyclic amines) is 1. The molecule has 1 aromatic heterocycles. The highest BCUT2D eigenvalue weighted by Gasteiger charge is 2.46. The van der Waals surface area contributed by atoms with Gasteiger partial charge >= 0.3 is 0 Å². The van der Waals surface area contributed by atoms with Crippen LogP contribution in [0.4, 0.5) is 5.82 Å². The van der Waals surface area contributed by atoms with Gasteiger partial charge in [-0.25, -0.2) is 4.98 Å². The molecule has 0 aliphatic carbocycles. The number of hydrogen-bond donors (Lipinski definition) is 0. The van der Waals surface area contributed by atoms with Gasteiger partial charge in [0.2, 0.25) is 0 Å². The zero-order chi connectivity index (χ0) is 21.5. The summed E-state index contributed by atoms with van der Waals surface area (Å²) in [6.45, 7) is 8.53. The van der Waals surface area contributed by atoms with Crippen molar-refractivity contribution >= 4 is 11.7 Å². The third kappa shape index (κ3) is 3.81. The number of amides is 1. The number of nitrogens with zero attached hydrogens (tertiary/aromatic N) is 6. The molecule has 0 unspecified atom stereocenters. The third-order valence-corrected chi connectivity index (χ3v) is 7.36. The number of likely N-dealkylation sites (N-methyl/N-ethyl adjacent to an activating group) is 1. The van der Waals surface area contributed by atoms with E-state index in [2.05, 4.69) is 65.0 Å². The average Bonchev–Trinajstić information content (AvgIpc) is 3.31. The van der Waals surface area contributed by atoms with Crippen LogP contribution >= 0.6 is 0 Å². The minimum Gasteiger partial charge on any atom is -0.355 e. The van der Waals surface area contributed by atoms with Gasteiger partial charge in [0.15, 0.2) is 0 Å². The fourth-order valence-corrected chi connectivity index (χ4v) is 5.61. The van der Waals surface area contributed by atoms with Gasteiger partial charge in [-0.15, -0.1) is 0 Å². The van der Waals surface area contributed by atoms with E-state index in [4.69, 9.17) is 4.98 Å². The van der Waals surface area contributed by atoms with E-state index >= 15 is 0 Å². The van der Waals surface area contributed by atoms with Gasteiger partial charge in [-0.3, -0.25) is 14.7 Å². The molecule has 31 heavy (non-hydrogen) atoms. The molecule has 0 saturated carbocycles. The number of anilines is 1. The number of carbonyl (C=O) groups excluding carboxylic acids is 1. The molecule has 7 heteroatoms. The lowest BCUT2D eigenvalue weighted by Gasteiger charge is -2.32. The van der Waals surface area contributed by atoms with Crippen LogP contribution in [0, 0.1) is 18.8 Å². The van der Waals surface area contributed by atoms with Crippen molar-refractivity contribution in [2.45, 2.75) is 13.0 Å². The highest BCUT2D eigenvalue weighted by molar-refractivity contribution is 5.92. The summed E-state index contributed by atoms with van der Waals surface area (Å²) in [7, 11) is 4.34. The highest BCUT2D eigenvalue weighted by atomic mass is 16.2. The van der Waals surface area contributed by atoms with Crippen LogP contribution in [-0.4, -0.2) is 90.5 Å². The predicted octanol–water partition coefficient (Wildman–Crippen LogP) is 1.91. The normalized spacial score (nSPS) is 27.0. The molecule has 164 valence electrons. The number of aromatic nitrogens is 2. The number of fused-ring (bicyclic) bond motifs is 1. The minimum atomic E-state index is -0.000591. The van der Waals surface area contributed by atoms with Crippen molar-refractivity contribution in [3.05, 3.63) is 53.5 Å². The fourth-order valence-electron chi connectivity index (χ4n) is 5.61. The van der Waals surface area contributed by atoms with Gasteiger partial charge in [0, 0.05) is 57.8 Å². The Balaban J connectivity index is 1.33. The Morgan fingerprint density at radius 2 is 1.77 bits per heavy atom. The molecule has 0 radical (unpaired) electrons. The molecule has 2 aromatic rings. The largest absolute Gasteiger partial charge is 0.355 e. The molecule has 3 fully saturated rings. The van der Waals surface area contributed by atoms with Crippen LogP contribution in [0.2, 0.25) is 0 Å². The predicted molar refractivity (Wildman–Crippen MR) is 121 cm³/mol. The van der Waals surface area contributed by atoms with Crippen molar-refractivity contribution in [2.75, 3.05) is 64.8 Å². The SMILES string of the molecule is Cc1ccccc1[C@H]1[C@@H]2CN(c3cncc(C(=O)N4CCN(C)CC4)n3)C[C@@H]2CN1C. The summed E-state index contributed by atoms with van der Waals surface area (Å²) in [5.74, 6) is 2.00. The molecule has 3 aliphatic heterocycles. The molecule has 0 N–H and O–H groups in total. The topological polar surface area (TPSA) is 55.8 Å². The molecule has 1 aromatic carbocycles. The van der Waals surface area contributed by atoms with Crippen molar-refractivity contribution in [3.8, 4) is 0 Å². The van der Waals surface area contributed by atoms with Crippen molar-refractivity contribution in [3.63, 3.8) is 0 Å². The van der Waals surface area contributed by atoms with Crippen LogP contribution in [0.1, 0.15) is 27.7 Å². The Morgan fingerprint density at radius 1 is 1.00 bits per heavy atom. The van der Waals surface area contributed by atoms with Gasteiger partial charge in [0.05, 0.1) is 12.4 Å². The van der Waals surface area contributed by atoms with Gasteiger partial charge < -0.3 is 14.7 Å². The number of aryl methyl sites for hydroxylation is 1. The Labute approximate surface area is 184 Å². The average molecular weight is 421 g/mol. The molecule has 3 aliphatic rings. The van der Waals surface area contributed by atoms with Gasteiger partial charge in [-0.05, 0) is 38.1 Å². The highest BCUT2D eigenvalue weighted by Crippen LogP contribution is 2.45. The smallest absolute Gasteiger partial charge is 0.274 e. The van der Waals surface area contributed by atoms with E-state index in [9.17, 15) is 4.79 Å². The number of carbonyl (C=O) groups is 1. The number of hydrogen-bond acceptors (Lipinski definition) is 6. The Kier molecular flexibility index (Phi) is 5.40. The fraction of sp³-hybridized carbons (Fsp3) is 0.542. The number of piperazine rings is 1. The molecule has 3 atom stereocenters. The standard InChI is InChI=1S/C24H32N6O/c1-17-6-4-5-7-19(17)23-20-16-30(15-18(20)14-28(23)3)22-13-25-12-21(26-22)24(31)29-10-8-27(2)9-11-29/h4-7,12-13,18,20,23H,8-11,14-16H2,1-3H3/t18-,20+,23-/m0/s1. The second-order valence-electron chi connectivity index (χ2n) is 9.43. The van der Waals surface area contributed by atoms with E-state index in [1.807, 2.05) is 11.1 Å². The van der Waals surface area contributed by atoms with Gasteiger partial charge in [-0.1, -0.05) is 24.3 Å². The molecule has 1 amide bonds.